The molecule has 0 saturated carbocycles. The Balaban J connectivity index is 1.37. The van der Waals surface area contributed by atoms with Gasteiger partial charge in [0.15, 0.2) is 11.5 Å². The van der Waals surface area contributed by atoms with Crippen LogP contribution in [-0.2, 0) is 11.3 Å². The first kappa shape index (κ1) is 22.8. The van der Waals surface area contributed by atoms with Crippen molar-refractivity contribution >= 4 is 22.8 Å². The molecule has 0 bridgehead atoms. The highest BCUT2D eigenvalue weighted by Gasteiger charge is 2.26. The van der Waals surface area contributed by atoms with Crippen molar-refractivity contribution in [3.63, 3.8) is 0 Å². The lowest BCUT2D eigenvalue weighted by Crippen LogP contribution is -2.41. The van der Waals surface area contributed by atoms with Crippen molar-refractivity contribution in [2.45, 2.75) is 40.2 Å². The molecule has 7 nitrogen and oxygen atoms in total. The molecule has 3 aromatic rings. The number of hydrogen-bond acceptors (Lipinski definition) is 6. The van der Waals surface area contributed by atoms with Gasteiger partial charge in [0.2, 0.25) is 11.9 Å². The van der Waals surface area contributed by atoms with Gasteiger partial charge in [-0.1, -0.05) is 6.07 Å². The number of benzene rings is 2. The van der Waals surface area contributed by atoms with Crippen LogP contribution in [0.2, 0.25) is 0 Å². The summed E-state index contributed by atoms with van der Waals surface area (Å²) in [5.74, 6) is 2.18. The molecule has 174 valence electrons. The van der Waals surface area contributed by atoms with E-state index in [1.54, 1.807) is 14.2 Å². The Kier molecular flexibility index (Phi) is 6.67. The van der Waals surface area contributed by atoms with Crippen LogP contribution < -0.4 is 19.7 Å². The van der Waals surface area contributed by atoms with Crippen molar-refractivity contribution in [2.75, 3.05) is 32.2 Å². The van der Waals surface area contributed by atoms with E-state index in [0.717, 1.165) is 54.0 Å². The fourth-order valence-electron chi connectivity index (χ4n) is 4.33. The average molecular weight is 449 g/mol. The van der Waals surface area contributed by atoms with E-state index in [4.69, 9.17) is 19.4 Å². The molecule has 7 heteroatoms. The van der Waals surface area contributed by atoms with Gasteiger partial charge in [0.1, 0.15) is 0 Å². The maximum absolute atomic E-state index is 12.8. The summed E-state index contributed by atoms with van der Waals surface area (Å²) < 4.78 is 10.6. The number of ether oxygens (including phenoxy) is 2. The minimum absolute atomic E-state index is 0.00663. The van der Waals surface area contributed by atoms with Crippen molar-refractivity contribution in [3.05, 3.63) is 52.7 Å². The summed E-state index contributed by atoms with van der Waals surface area (Å²) in [4.78, 5) is 24.6. The van der Waals surface area contributed by atoms with Gasteiger partial charge in [-0.3, -0.25) is 4.79 Å². The van der Waals surface area contributed by atoms with Crippen molar-refractivity contribution in [1.29, 1.82) is 0 Å². The third-order valence-corrected chi connectivity index (χ3v) is 6.55. The maximum Gasteiger partial charge on any atom is 0.226 e. The first-order valence-corrected chi connectivity index (χ1v) is 11.4. The number of anilines is 1. The molecule has 2 heterocycles. The number of amides is 1. The van der Waals surface area contributed by atoms with Crippen molar-refractivity contribution < 1.29 is 14.3 Å². The molecule has 2 aromatic carbocycles. The molecule has 0 aliphatic carbocycles. The topological polar surface area (TPSA) is 76.6 Å². The summed E-state index contributed by atoms with van der Waals surface area (Å²) in [6.07, 6.45) is 1.57. The second-order valence-electron chi connectivity index (χ2n) is 8.73. The third-order valence-electron chi connectivity index (χ3n) is 6.55. The Labute approximate surface area is 195 Å². The van der Waals surface area contributed by atoms with Gasteiger partial charge in [0.25, 0.3) is 0 Å². The van der Waals surface area contributed by atoms with E-state index < -0.39 is 0 Å². The molecule has 1 amide bonds. The highest BCUT2D eigenvalue weighted by molar-refractivity contribution is 5.83. The lowest BCUT2D eigenvalue weighted by molar-refractivity contribution is -0.125. The average Bonchev–Trinajstić information content (AvgIpc) is 2.83. The lowest BCUT2D eigenvalue weighted by Gasteiger charge is -2.31. The number of hydrogen-bond donors (Lipinski definition) is 1. The van der Waals surface area contributed by atoms with E-state index in [0.29, 0.717) is 18.0 Å². The zero-order chi connectivity index (χ0) is 23.5. The van der Waals surface area contributed by atoms with Crippen molar-refractivity contribution in [2.24, 2.45) is 5.92 Å². The fraction of sp³-hybridized carbons (Fsp3) is 0.423. The van der Waals surface area contributed by atoms with E-state index in [1.165, 1.54) is 11.1 Å². The van der Waals surface area contributed by atoms with Crippen LogP contribution in [0.1, 0.15) is 35.2 Å². The summed E-state index contributed by atoms with van der Waals surface area (Å²) in [7, 11) is 3.22. The van der Waals surface area contributed by atoms with Gasteiger partial charge in [-0.15, -0.1) is 0 Å². The highest BCUT2D eigenvalue weighted by atomic mass is 16.5. The summed E-state index contributed by atoms with van der Waals surface area (Å²) >= 11 is 0. The number of carbonyl (C=O) groups is 1. The number of aromatic nitrogens is 2. The van der Waals surface area contributed by atoms with E-state index in [1.807, 2.05) is 25.1 Å². The number of methoxy groups -OCH3 is 2. The molecule has 0 atom stereocenters. The predicted molar refractivity (Wildman–Crippen MR) is 130 cm³/mol. The first-order chi connectivity index (χ1) is 15.9. The van der Waals surface area contributed by atoms with Crippen LogP contribution in [0.25, 0.3) is 10.9 Å². The summed E-state index contributed by atoms with van der Waals surface area (Å²) in [5.41, 5.74) is 5.44. The Morgan fingerprint density at radius 3 is 2.39 bits per heavy atom. The number of nitrogens with one attached hydrogen (secondary N) is 1. The van der Waals surface area contributed by atoms with Crippen LogP contribution in [-0.4, -0.2) is 43.2 Å². The van der Waals surface area contributed by atoms with Gasteiger partial charge in [0, 0.05) is 30.9 Å². The molecule has 0 spiro atoms. The molecule has 1 N–H and O–H groups in total. The molecular weight excluding hydrogens is 416 g/mol. The Bertz CT molecular complexity index is 1170. The number of rotatable bonds is 6. The zero-order valence-corrected chi connectivity index (χ0v) is 20.1. The van der Waals surface area contributed by atoms with Crippen LogP contribution in [0.5, 0.6) is 11.5 Å². The minimum atomic E-state index is -0.00663. The van der Waals surface area contributed by atoms with Crippen molar-refractivity contribution in [1.82, 2.24) is 15.3 Å². The van der Waals surface area contributed by atoms with E-state index in [2.05, 4.69) is 36.2 Å². The van der Waals surface area contributed by atoms with Crippen LogP contribution in [0.15, 0.2) is 30.3 Å². The summed E-state index contributed by atoms with van der Waals surface area (Å²) in [6.45, 7) is 8.26. The predicted octanol–water partition coefficient (Wildman–Crippen LogP) is 4.11. The summed E-state index contributed by atoms with van der Waals surface area (Å²) in [5, 5.41) is 4.17. The molecule has 1 aliphatic heterocycles. The van der Waals surface area contributed by atoms with E-state index in [-0.39, 0.29) is 11.8 Å². The summed E-state index contributed by atoms with van der Waals surface area (Å²) in [6, 6.07) is 9.99. The van der Waals surface area contributed by atoms with Gasteiger partial charge < -0.3 is 19.7 Å². The molecule has 4 rings (SSSR count). The number of piperidine rings is 1. The van der Waals surface area contributed by atoms with Gasteiger partial charge in [-0.05, 0) is 74.6 Å². The van der Waals surface area contributed by atoms with Crippen LogP contribution in [0.3, 0.4) is 0 Å². The molecule has 1 aliphatic rings. The van der Waals surface area contributed by atoms with Gasteiger partial charge >= 0.3 is 0 Å². The lowest BCUT2D eigenvalue weighted by atomic mass is 9.96. The second kappa shape index (κ2) is 9.65. The molecule has 0 unspecified atom stereocenters. The number of nitrogens with zero attached hydrogens (tertiary/aromatic N) is 3. The monoisotopic (exact) mass is 448 g/mol. The van der Waals surface area contributed by atoms with E-state index >= 15 is 0 Å². The van der Waals surface area contributed by atoms with Gasteiger partial charge in [0.05, 0.1) is 25.4 Å². The highest BCUT2D eigenvalue weighted by Crippen LogP contribution is 2.28. The normalized spacial score (nSPS) is 14.4. The fourth-order valence-corrected chi connectivity index (χ4v) is 4.33. The number of carbonyl (C=O) groups excluding carboxylic acids is 1. The largest absolute Gasteiger partial charge is 0.493 e. The quantitative estimate of drug-likeness (QED) is 0.612. The molecule has 1 aromatic heterocycles. The smallest absolute Gasteiger partial charge is 0.226 e. The number of aryl methyl sites for hydroxylation is 3. The molecule has 1 fully saturated rings. The zero-order valence-electron chi connectivity index (χ0n) is 20.1. The van der Waals surface area contributed by atoms with Crippen molar-refractivity contribution in [3.8, 4) is 11.5 Å². The number of fused-ring (bicyclic) bond motifs is 1. The SMILES string of the molecule is COc1ccc(CNC(=O)C2CCN(c3nc(C)c4cc(C)c(C)cc4n3)CC2)cc1OC. The minimum Gasteiger partial charge on any atom is -0.493 e. The van der Waals surface area contributed by atoms with Gasteiger partial charge in [-0.25, -0.2) is 9.97 Å². The Morgan fingerprint density at radius 1 is 1.00 bits per heavy atom. The Hall–Kier alpha value is -3.35. The third kappa shape index (κ3) is 4.87. The standard InChI is InChI=1S/C26H32N4O3/c1-16-12-21-18(3)28-26(29-22(21)13-17(16)2)30-10-8-20(9-11-30)25(31)27-15-19-6-7-23(32-4)24(14-19)33-5/h6-7,12-14,20H,8-11,15H2,1-5H3,(H,27,31). The maximum atomic E-state index is 12.8. The first-order valence-electron chi connectivity index (χ1n) is 11.4. The van der Waals surface area contributed by atoms with Gasteiger partial charge in [-0.2, -0.15) is 0 Å². The van der Waals surface area contributed by atoms with Crippen LogP contribution in [0, 0.1) is 26.7 Å². The Morgan fingerprint density at radius 2 is 1.70 bits per heavy atom. The van der Waals surface area contributed by atoms with E-state index in [9.17, 15) is 4.79 Å². The second-order valence-corrected chi connectivity index (χ2v) is 8.73. The van der Waals surface area contributed by atoms with Crippen LogP contribution >= 0.6 is 0 Å². The molecule has 1 saturated heterocycles. The molecular formula is C26H32N4O3. The molecule has 33 heavy (non-hydrogen) atoms. The van der Waals surface area contributed by atoms with Crippen LogP contribution in [0.4, 0.5) is 5.95 Å². The molecule has 0 radical (unpaired) electrons.